The summed E-state index contributed by atoms with van der Waals surface area (Å²) in [6, 6.07) is -6.12. The third kappa shape index (κ3) is 1.82. The van der Waals surface area contributed by atoms with Crippen LogP contribution in [0.5, 0.6) is 0 Å². The number of carbonyl (C=O) groups is 1. The zero-order valence-corrected chi connectivity index (χ0v) is 6.03. The van der Waals surface area contributed by atoms with Crippen LogP contribution in [0.25, 0.3) is 0 Å². The van der Waals surface area contributed by atoms with Crippen LogP contribution in [0, 0.1) is 0 Å². The zero-order chi connectivity index (χ0) is 11.7. The third-order valence-corrected chi connectivity index (χ3v) is 1.09. The number of carboxylic acid groups (broad SMARTS) is 1. The van der Waals surface area contributed by atoms with Crippen molar-refractivity contribution >= 4 is 6.09 Å². The van der Waals surface area contributed by atoms with Gasteiger partial charge in [0.2, 0.25) is 0 Å². The summed E-state index contributed by atoms with van der Waals surface area (Å²) in [6.07, 6.45) is -7.99. The summed E-state index contributed by atoms with van der Waals surface area (Å²) >= 11 is 0. The topological polar surface area (TPSA) is 40.5 Å². The van der Waals surface area contributed by atoms with Gasteiger partial charge < -0.3 is 5.11 Å². The van der Waals surface area contributed by atoms with Crippen LogP contribution in [-0.2, 0) is 0 Å². The summed E-state index contributed by atoms with van der Waals surface area (Å²) in [5.74, 6) is -6.10. The normalized spacial score (nSPS) is 13.1. The van der Waals surface area contributed by atoms with Crippen molar-refractivity contribution in [1.29, 1.82) is 0 Å². The van der Waals surface area contributed by atoms with Crippen molar-refractivity contribution in [2.75, 3.05) is 0 Å². The molecule has 0 aliphatic heterocycles. The summed E-state index contributed by atoms with van der Waals surface area (Å²) in [7, 11) is 0. The Morgan fingerprint density at radius 1 is 1.21 bits per heavy atom. The molecule has 0 aromatic carbocycles. The molecule has 0 unspecified atom stereocenters. The first-order valence-electron chi connectivity index (χ1n) is 2.78. The van der Waals surface area contributed by atoms with Crippen LogP contribution >= 0.6 is 0 Å². The molecule has 0 bridgehead atoms. The molecule has 1 amide bonds. The number of amides is 1. The standard InChI is InChI=1S/C4H2F7NO2/c5-1(6)3(7,8)4(9,10)12(11)2(13)14/h1H,(H,13,14). The summed E-state index contributed by atoms with van der Waals surface area (Å²) < 4.78 is 82.3. The first-order valence-corrected chi connectivity index (χ1v) is 2.78. The Labute approximate surface area is 71.6 Å². The van der Waals surface area contributed by atoms with Crippen molar-refractivity contribution in [1.82, 2.24) is 5.12 Å². The highest BCUT2D eigenvalue weighted by Crippen LogP contribution is 2.41. The molecule has 10 heteroatoms. The van der Waals surface area contributed by atoms with Crippen molar-refractivity contribution in [3.05, 3.63) is 0 Å². The molecule has 1 N–H and O–H groups in total. The third-order valence-electron chi connectivity index (χ3n) is 1.09. The second-order valence-electron chi connectivity index (χ2n) is 2.03. The molecule has 14 heavy (non-hydrogen) atoms. The molecular formula is C4H2F7NO2. The molecule has 0 fully saturated rings. The fourth-order valence-electron chi connectivity index (χ4n) is 0.382. The van der Waals surface area contributed by atoms with E-state index in [1.165, 1.54) is 0 Å². The van der Waals surface area contributed by atoms with Gasteiger partial charge in [-0.1, -0.05) is 9.60 Å². The van der Waals surface area contributed by atoms with Gasteiger partial charge in [0, 0.05) is 0 Å². The minimum Gasteiger partial charge on any atom is -0.463 e. The Morgan fingerprint density at radius 3 is 1.79 bits per heavy atom. The van der Waals surface area contributed by atoms with Gasteiger partial charge in [-0.3, -0.25) is 0 Å². The van der Waals surface area contributed by atoms with E-state index in [-0.39, 0.29) is 0 Å². The van der Waals surface area contributed by atoms with E-state index in [1.54, 1.807) is 0 Å². The summed E-state index contributed by atoms with van der Waals surface area (Å²) in [6.45, 7) is 0. The maximum absolute atomic E-state index is 12.0. The smallest absolute Gasteiger partial charge is 0.441 e. The van der Waals surface area contributed by atoms with E-state index >= 15 is 0 Å². The van der Waals surface area contributed by atoms with Gasteiger partial charge in [0.25, 0.3) is 0 Å². The number of halogens is 7. The molecule has 0 aliphatic rings. The SMILES string of the molecule is O=C(O)N(F)C(F)(F)C(F)(F)C(F)F. The van der Waals surface area contributed by atoms with Gasteiger partial charge in [-0.15, -0.1) is 0 Å². The molecule has 0 aromatic heterocycles. The molecule has 0 saturated heterocycles. The first kappa shape index (κ1) is 12.8. The van der Waals surface area contributed by atoms with Gasteiger partial charge in [-0.05, 0) is 0 Å². The number of nitrogens with zero attached hydrogens (tertiary/aromatic N) is 1. The van der Waals surface area contributed by atoms with Crippen molar-refractivity contribution in [2.24, 2.45) is 0 Å². The predicted molar refractivity (Wildman–Crippen MR) is 26.9 cm³/mol. The molecule has 0 aliphatic carbocycles. The number of hydrogen-bond donors (Lipinski definition) is 1. The average Bonchev–Trinajstić information content (AvgIpc) is 2.01. The lowest BCUT2D eigenvalue weighted by molar-refractivity contribution is -0.346. The minimum absolute atomic E-state index is 2.67. The van der Waals surface area contributed by atoms with E-state index in [1.807, 2.05) is 0 Å². The van der Waals surface area contributed by atoms with Crippen LogP contribution in [0.3, 0.4) is 0 Å². The average molecular weight is 229 g/mol. The molecule has 3 nitrogen and oxygen atoms in total. The zero-order valence-electron chi connectivity index (χ0n) is 6.03. The molecule has 0 saturated carbocycles. The fraction of sp³-hybridized carbons (Fsp3) is 0.750. The molecule has 0 aromatic rings. The van der Waals surface area contributed by atoms with E-state index in [0.717, 1.165) is 0 Å². The van der Waals surface area contributed by atoms with Gasteiger partial charge >= 0.3 is 24.5 Å². The van der Waals surface area contributed by atoms with Crippen molar-refractivity contribution in [3.8, 4) is 0 Å². The fourth-order valence-corrected chi connectivity index (χ4v) is 0.382. The lowest BCUT2D eigenvalue weighted by Crippen LogP contribution is -2.56. The summed E-state index contributed by atoms with van der Waals surface area (Å²) in [5.41, 5.74) is 0. The lowest BCUT2D eigenvalue weighted by atomic mass is 10.3. The summed E-state index contributed by atoms with van der Waals surface area (Å²) in [5, 5.41) is 4.89. The van der Waals surface area contributed by atoms with Gasteiger partial charge in [-0.2, -0.15) is 17.6 Å². The molecule has 0 heterocycles. The Hall–Kier alpha value is -1.22. The van der Waals surface area contributed by atoms with Crippen LogP contribution in [0.4, 0.5) is 35.6 Å². The van der Waals surface area contributed by atoms with Gasteiger partial charge in [0.1, 0.15) is 0 Å². The minimum atomic E-state index is -6.12. The monoisotopic (exact) mass is 229 g/mol. The van der Waals surface area contributed by atoms with E-state index < -0.39 is 29.6 Å². The Morgan fingerprint density at radius 2 is 1.57 bits per heavy atom. The lowest BCUT2D eigenvalue weighted by Gasteiger charge is -2.27. The second-order valence-corrected chi connectivity index (χ2v) is 2.03. The maximum Gasteiger partial charge on any atom is 0.441 e. The molecule has 84 valence electrons. The Kier molecular flexibility index (Phi) is 3.19. The van der Waals surface area contributed by atoms with E-state index in [4.69, 9.17) is 5.11 Å². The van der Waals surface area contributed by atoms with Crippen LogP contribution in [-0.4, -0.2) is 34.7 Å². The van der Waals surface area contributed by atoms with Gasteiger partial charge in [0.05, 0.1) is 0 Å². The predicted octanol–water partition coefficient (Wildman–Crippen LogP) is 2.34. The van der Waals surface area contributed by atoms with E-state index in [9.17, 15) is 35.6 Å². The van der Waals surface area contributed by atoms with Crippen LogP contribution in [0.1, 0.15) is 0 Å². The molecule has 0 atom stereocenters. The molecular weight excluding hydrogens is 227 g/mol. The highest BCUT2D eigenvalue weighted by molar-refractivity contribution is 5.64. The first-order chi connectivity index (χ1) is 6.05. The molecule has 0 radical (unpaired) electrons. The van der Waals surface area contributed by atoms with Crippen molar-refractivity contribution in [2.45, 2.75) is 18.4 Å². The Balaban J connectivity index is 5.03. The number of rotatable bonds is 3. The second kappa shape index (κ2) is 3.50. The van der Waals surface area contributed by atoms with Crippen molar-refractivity contribution in [3.63, 3.8) is 0 Å². The van der Waals surface area contributed by atoms with Crippen LogP contribution in [0.15, 0.2) is 0 Å². The van der Waals surface area contributed by atoms with E-state index in [0.29, 0.717) is 0 Å². The van der Waals surface area contributed by atoms with Crippen molar-refractivity contribution < 1.29 is 40.7 Å². The maximum atomic E-state index is 12.0. The van der Waals surface area contributed by atoms with Gasteiger partial charge in [0.15, 0.2) is 0 Å². The molecule has 0 spiro atoms. The quantitative estimate of drug-likeness (QED) is 0.458. The highest BCUT2D eigenvalue weighted by atomic mass is 19.4. The van der Waals surface area contributed by atoms with E-state index in [2.05, 4.69) is 0 Å². The number of hydrogen-bond acceptors (Lipinski definition) is 1. The van der Waals surface area contributed by atoms with Gasteiger partial charge in [-0.25, -0.2) is 13.6 Å². The molecule has 0 rings (SSSR count). The van der Waals surface area contributed by atoms with Crippen LogP contribution in [0.2, 0.25) is 0 Å². The largest absolute Gasteiger partial charge is 0.463 e. The van der Waals surface area contributed by atoms with Crippen LogP contribution < -0.4 is 0 Å². The Bertz CT molecular complexity index is 230. The summed E-state index contributed by atoms with van der Waals surface area (Å²) in [4.78, 5) is 9.51. The highest BCUT2D eigenvalue weighted by Gasteiger charge is 2.69. The number of alkyl halides is 6.